The molecule has 1 aromatic heterocycles. The molecule has 1 amide bonds. The summed E-state index contributed by atoms with van der Waals surface area (Å²) < 4.78 is 16.2. The Balaban J connectivity index is 1.96. The lowest BCUT2D eigenvalue weighted by Crippen LogP contribution is -2.29. The number of thiophene rings is 1. The van der Waals surface area contributed by atoms with E-state index in [1.165, 1.54) is 49.7 Å². The smallest absolute Gasteiger partial charge is 0.295 e. The molecule has 2 heterocycles. The lowest BCUT2D eigenvalue weighted by molar-refractivity contribution is -0.140. The average molecular weight is 500 g/mol. The quantitative estimate of drug-likeness (QED) is 0.278. The second kappa shape index (κ2) is 9.79. The number of Topliss-reactive ketones (excluding diaryl/α,β-unsaturated/α-hetero) is 1. The highest BCUT2D eigenvalue weighted by atomic mass is 35.5. The Morgan fingerprint density at radius 1 is 1.00 bits per heavy atom. The highest BCUT2D eigenvalue weighted by Gasteiger charge is 2.47. The minimum atomic E-state index is -0.885. The summed E-state index contributed by atoms with van der Waals surface area (Å²) >= 11 is 7.69. The number of hydrogen-bond donors (Lipinski definition) is 1. The second-order valence-electron chi connectivity index (χ2n) is 7.44. The zero-order valence-corrected chi connectivity index (χ0v) is 20.3. The molecule has 1 aliphatic heterocycles. The Bertz CT molecular complexity index is 1270. The maximum Gasteiger partial charge on any atom is 0.295 e. The minimum absolute atomic E-state index is 0.0752. The van der Waals surface area contributed by atoms with E-state index in [-0.39, 0.29) is 34.2 Å². The Hall–Kier alpha value is -3.49. The number of para-hydroxylation sites is 1. The fourth-order valence-electron chi connectivity index (χ4n) is 4.02. The number of carbonyl (C=O) groups excluding carboxylic acids is 2. The van der Waals surface area contributed by atoms with Crippen LogP contribution in [0.3, 0.4) is 0 Å². The van der Waals surface area contributed by atoms with Crippen LogP contribution in [0.15, 0.2) is 59.5 Å². The van der Waals surface area contributed by atoms with Crippen LogP contribution in [-0.4, -0.2) is 43.0 Å². The van der Waals surface area contributed by atoms with Gasteiger partial charge in [0.15, 0.2) is 0 Å². The Labute approximate surface area is 205 Å². The normalized spacial score (nSPS) is 17.2. The van der Waals surface area contributed by atoms with E-state index in [9.17, 15) is 14.7 Å². The van der Waals surface area contributed by atoms with E-state index in [1.807, 2.05) is 17.5 Å². The molecule has 0 saturated carbocycles. The first-order valence-corrected chi connectivity index (χ1v) is 11.5. The molecule has 34 heavy (non-hydrogen) atoms. The number of likely N-dealkylation sites (tertiary alicyclic amines) is 1. The summed E-state index contributed by atoms with van der Waals surface area (Å²) in [6, 6.07) is 12.9. The predicted octanol–water partition coefficient (Wildman–Crippen LogP) is 5.05. The second-order valence-corrected chi connectivity index (χ2v) is 8.87. The lowest BCUT2D eigenvalue weighted by atomic mass is 9.94. The number of benzene rings is 2. The van der Waals surface area contributed by atoms with Crippen molar-refractivity contribution in [2.75, 3.05) is 21.3 Å². The molecule has 0 radical (unpaired) electrons. The van der Waals surface area contributed by atoms with Gasteiger partial charge in [-0.3, -0.25) is 9.59 Å². The number of methoxy groups -OCH3 is 3. The molecule has 3 aromatic rings. The molecule has 7 nitrogen and oxygen atoms in total. The van der Waals surface area contributed by atoms with E-state index in [1.54, 1.807) is 24.3 Å². The Morgan fingerprint density at radius 2 is 1.71 bits per heavy atom. The molecule has 1 N–H and O–H groups in total. The van der Waals surface area contributed by atoms with Crippen LogP contribution in [0.2, 0.25) is 5.02 Å². The predicted molar refractivity (Wildman–Crippen MR) is 130 cm³/mol. The van der Waals surface area contributed by atoms with Gasteiger partial charge in [0.1, 0.15) is 23.0 Å². The lowest BCUT2D eigenvalue weighted by Gasteiger charge is -2.26. The van der Waals surface area contributed by atoms with E-state index in [4.69, 9.17) is 25.8 Å². The van der Waals surface area contributed by atoms with Gasteiger partial charge in [-0.2, -0.15) is 0 Å². The number of aliphatic hydroxyl groups is 1. The maximum absolute atomic E-state index is 13.3. The highest BCUT2D eigenvalue weighted by molar-refractivity contribution is 7.09. The third-order valence-electron chi connectivity index (χ3n) is 5.61. The summed E-state index contributed by atoms with van der Waals surface area (Å²) in [7, 11) is 4.37. The van der Waals surface area contributed by atoms with Gasteiger partial charge < -0.3 is 24.2 Å². The molecule has 1 aliphatic rings. The van der Waals surface area contributed by atoms with Gasteiger partial charge in [0.25, 0.3) is 11.7 Å². The van der Waals surface area contributed by atoms with Crippen molar-refractivity contribution >= 4 is 40.4 Å². The van der Waals surface area contributed by atoms with E-state index in [2.05, 4.69) is 0 Å². The molecule has 0 bridgehead atoms. The largest absolute Gasteiger partial charge is 0.507 e. The van der Waals surface area contributed by atoms with E-state index < -0.39 is 23.5 Å². The van der Waals surface area contributed by atoms with E-state index in [0.29, 0.717) is 11.3 Å². The summed E-state index contributed by atoms with van der Waals surface area (Å²) in [5, 5.41) is 13.6. The Kier molecular flexibility index (Phi) is 6.81. The van der Waals surface area contributed by atoms with Gasteiger partial charge in [-0.15, -0.1) is 11.3 Å². The highest BCUT2D eigenvalue weighted by Crippen LogP contribution is 2.45. The van der Waals surface area contributed by atoms with Crippen molar-refractivity contribution in [2.24, 2.45) is 0 Å². The van der Waals surface area contributed by atoms with Crippen LogP contribution in [0.1, 0.15) is 22.0 Å². The van der Waals surface area contributed by atoms with Crippen LogP contribution in [0, 0.1) is 0 Å². The van der Waals surface area contributed by atoms with Gasteiger partial charge >= 0.3 is 0 Å². The van der Waals surface area contributed by atoms with Gasteiger partial charge in [0.05, 0.1) is 50.1 Å². The zero-order chi connectivity index (χ0) is 24.4. The molecule has 1 unspecified atom stereocenters. The molecule has 176 valence electrons. The number of ketones is 1. The molecule has 2 aromatic carbocycles. The first-order chi connectivity index (χ1) is 16.4. The van der Waals surface area contributed by atoms with Crippen LogP contribution in [-0.2, 0) is 16.1 Å². The monoisotopic (exact) mass is 499 g/mol. The Morgan fingerprint density at radius 3 is 2.35 bits per heavy atom. The molecule has 1 saturated heterocycles. The van der Waals surface area contributed by atoms with Gasteiger partial charge in [0, 0.05) is 16.5 Å². The van der Waals surface area contributed by atoms with Crippen molar-refractivity contribution in [3.05, 3.63) is 80.5 Å². The standard InChI is InChI=1S/C25H22ClNO6S/c1-31-18-9-5-4-8-15(18)22-21(24(29)25(30)27(22)13-14-7-6-10-34-14)23(28)16-11-20(33-3)17(26)12-19(16)32-2/h4-12,22,28H,13H2,1-3H3/b23-21+. The number of aliphatic hydroxyl groups excluding tert-OH is 1. The maximum atomic E-state index is 13.3. The van der Waals surface area contributed by atoms with Crippen molar-refractivity contribution in [1.29, 1.82) is 0 Å². The molecular weight excluding hydrogens is 478 g/mol. The molecule has 0 aliphatic carbocycles. The minimum Gasteiger partial charge on any atom is -0.507 e. The number of amides is 1. The van der Waals surface area contributed by atoms with Gasteiger partial charge in [-0.1, -0.05) is 35.9 Å². The van der Waals surface area contributed by atoms with Crippen LogP contribution in [0.25, 0.3) is 5.76 Å². The first-order valence-electron chi connectivity index (χ1n) is 10.3. The molecule has 1 fully saturated rings. The average Bonchev–Trinajstić information content (AvgIpc) is 3.45. The molecular formula is C25H22ClNO6S. The zero-order valence-electron chi connectivity index (χ0n) is 18.7. The number of carbonyl (C=O) groups is 2. The fourth-order valence-corrected chi connectivity index (χ4v) is 4.95. The van der Waals surface area contributed by atoms with Gasteiger partial charge in [0.2, 0.25) is 0 Å². The third-order valence-corrected chi connectivity index (χ3v) is 6.77. The first kappa shape index (κ1) is 23.7. The van der Waals surface area contributed by atoms with Crippen molar-refractivity contribution in [3.63, 3.8) is 0 Å². The van der Waals surface area contributed by atoms with Crippen molar-refractivity contribution in [3.8, 4) is 17.2 Å². The SMILES string of the molecule is COc1cc(/C(O)=C2\C(=O)C(=O)N(Cc3cccs3)C2c2ccccc2OC)c(OC)cc1Cl. The summed E-state index contributed by atoms with van der Waals surface area (Å²) in [4.78, 5) is 28.9. The van der Waals surface area contributed by atoms with Crippen molar-refractivity contribution < 1.29 is 28.9 Å². The van der Waals surface area contributed by atoms with E-state index >= 15 is 0 Å². The summed E-state index contributed by atoms with van der Waals surface area (Å²) in [5.41, 5.74) is 0.675. The van der Waals surface area contributed by atoms with Gasteiger partial charge in [-0.05, 0) is 23.6 Å². The summed E-state index contributed by atoms with van der Waals surface area (Å²) in [5.74, 6) is -0.921. The number of rotatable bonds is 7. The molecule has 0 spiro atoms. The number of hydrogen-bond acceptors (Lipinski definition) is 7. The van der Waals surface area contributed by atoms with E-state index in [0.717, 1.165) is 4.88 Å². The van der Waals surface area contributed by atoms with Crippen LogP contribution in [0.4, 0.5) is 0 Å². The number of halogens is 1. The molecule has 1 atom stereocenters. The van der Waals surface area contributed by atoms with Gasteiger partial charge in [-0.25, -0.2) is 0 Å². The fraction of sp³-hybridized carbons (Fsp3) is 0.200. The molecule has 4 rings (SSSR count). The van der Waals surface area contributed by atoms with Crippen LogP contribution in [0.5, 0.6) is 17.2 Å². The van der Waals surface area contributed by atoms with Crippen LogP contribution >= 0.6 is 22.9 Å². The summed E-state index contributed by atoms with van der Waals surface area (Å²) in [6.45, 7) is 0.197. The topological polar surface area (TPSA) is 85.3 Å². The van der Waals surface area contributed by atoms with Crippen LogP contribution < -0.4 is 14.2 Å². The van der Waals surface area contributed by atoms with Crippen molar-refractivity contribution in [1.82, 2.24) is 4.90 Å². The number of ether oxygens (including phenoxy) is 3. The summed E-state index contributed by atoms with van der Waals surface area (Å²) in [6.07, 6.45) is 0. The third kappa shape index (κ3) is 4.10. The molecule has 9 heteroatoms. The number of nitrogens with zero attached hydrogens (tertiary/aromatic N) is 1. The van der Waals surface area contributed by atoms with Crippen molar-refractivity contribution in [2.45, 2.75) is 12.6 Å².